The third kappa shape index (κ3) is 30.6. The molecule has 0 saturated carbocycles. The van der Waals surface area contributed by atoms with Gasteiger partial charge >= 0.3 is 5.97 Å². The number of rotatable bonds is 58. The zero-order valence-corrected chi connectivity index (χ0v) is 68.9. The van der Waals surface area contributed by atoms with E-state index in [0.29, 0.717) is 12.8 Å². The zero-order valence-electron chi connectivity index (χ0n) is 68.9. The van der Waals surface area contributed by atoms with Crippen LogP contribution in [0, 0.1) is 0 Å². The monoisotopic (exact) mass is 1730 g/mol. The van der Waals surface area contributed by atoms with Gasteiger partial charge in [0, 0.05) is 13.3 Å². The normalized spacial score (nSPS) is 36.3. The summed E-state index contributed by atoms with van der Waals surface area (Å²) in [5.41, 5.74) is 0. The second kappa shape index (κ2) is 54.3. The van der Waals surface area contributed by atoms with Crippen molar-refractivity contribution in [3.8, 4) is 0 Å². The Labute approximate surface area is 694 Å². The molecule has 0 aromatic carbocycles. The molecule has 119 heavy (non-hydrogen) atoms. The van der Waals surface area contributed by atoms with Crippen LogP contribution in [0.1, 0.15) is 220 Å². The van der Waals surface area contributed by atoms with Gasteiger partial charge in [0.2, 0.25) is 11.8 Å². The van der Waals surface area contributed by atoms with Crippen LogP contribution in [0.15, 0.2) is 0 Å². The number of unbranched alkanes of at least 4 members (excludes halogenated alkanes) is 26. The number of hydrogen-bond donors (Lipinski definition) is 25. The highest BCUT2D eigenvalue weighted by molar-refractivity contribution is 5.80. The Balaban J connectivity index is 1.13. The van der Waals surface area contributed by atoms with E-state index in [1.807, 2.05) is 0 Å². The van der Waals surface area contributed by atoms with E-state index in [-0.39, 0.29) is 12.8 Å². The molecule has 35 atom stereocenters. The maximum absolute atomic E-state index is 13.9. The summed E-state index contributed by atoms with van der Waals surface area (Å²) >= 11 is 0. The van der Waals surface area contributed by atoms with Crippen LogP contribution in [0.5, 0.6) is 0 Å². The van der Waals surface area contributed by atoms with Gasteiger partial charge in [-0.05, 0) is 12.8 Å². The lowest BCUT2D eigenvalue weighted by Crippen LogP contribution is -2.72. The third-order valence-corrected chi connectivity index (χ3v) is 23.3. The molecule has 6 heterocycles. The fourth-order valence-corrected chi connectivity index (χ4v) is 16.1. The molecule has 40 heteroatoms. The second-order valence-electron chi connectivity index (χ2n) is 32.7. The number of aliphatic hydroxyl groups is 22. The van der Waals surface area contributed by atoms with Crippen LogP contribution in [0.4, 0.5) is 0 Å². The van der Waals surface area contributed by atoms with Crippen molar-refractivity contribution in [3.05, 3.63) is 0 Å². The number of carboxylic acids is 1. The van der Waals surface area contributed by atoms with E-state index in [1.54, 1.807) is 0 Å². The number of carbonyl (C=O) groups excluding carboxylic acids is 2. The molecule has 6 fully saturated rings. The number of amides is 2. The lowest BCUT2D eigenvalue weighted by molar-refractivity contribution is -0.395. The summed E-state index contributed by atoms with van der Waals surface area (Å²) in [5, 5.41) is 260. The van der Waals surface area contributed by atoms with E-state index in [1.165, 1.54) is 89.9 Å². The highest BCUT2D eigenvalue weighted by Gasteiger charge is 2.63. The van der Waals surface area contributed by atoms with E-state index in [9.17, 15) is 132 Å². The average Bonchev–Trinajstić information content (AvgIpc) is 1.32. The number of nitrogens with one attached hydrogen (secondary N) is 2. The summed E-state index contributed by atoms with van der Waals surface area (Å²) < 4.78 is 69.8. The van der Waals surface area contributed by atoms with Gasteiger partial charge in [-0.15, -0.1) is 0 Å². The molecule has 698 valence electrons. The summed E-state index contributed by atoms with van der Waals surface area (Å²) in [7, 11) is 0. The van der Waals surface area contributed by atoms with E-state index in [0.717, 1.165) is 84.0 Å². The largest absolute Gasteiger partial charge is 0.477 e. The van der Waals surface area contributed by atoms with Gasteiger partial charge in [0.1, 0.15) is 153 Å². The summed E-state index contributed by atoms with van der Waals surface area (Å²) in [4.78, 5) is 40.7. The van der Waals surface area contributed by atoms with Crippen LogP contribution in [0.2, 0.25) is 0 Å². The molecule has 40 nitrogen and oxygen atoms in total. The molecule has 6 aliphatic rings. The number of aliphatic carboxylic acids is 1. The minimum Gasteiger partial charge on any atom is -0.477 e. The molecule has 18 unspecified atom stereocenters. The fraction of sp³-hybridized carbons (Fsp3) is 0.962. The Morgan fingerprint density at radius 2 is 0.815 bits per heavy atom. The Kier molecular flexibility index (Phi) is 47.8. The van der Waals surface area contributed by atoms with Gasteiger partial charge in [-0.3, -0.25) is 9.59 Å². The lowest BCUT2D eigenvalue weighted by atomic mass is 9.87. The van der Waals surface area contributed by atoms with Crippen molar-refractivity contribution >= 4 is 17.8 Å². The zero-order chi connectivity index (χ0) is 87.6. The highest BCUT2D eigenvalue weighted by Crippen LogP contribution is 2.42. The maximum atomic E-state index is 13.9. The van der Waals surface area contributed by atoms with Gasteiger partial charge in [0.25, 0.3) is 5.79 Å². The van der Waals surface area contributed by atoms with Crippen LogP contribution in [-0.4, -0.2) is 396 Å². The SMILES string of the molecule is CCCCCCCCCCCCCCCCCCCC[C@@H](O)C(=O)N[C@@H](CO[C@@H]1OC(CO)[C@@H](O[C@@H]2OC(CO)[C@H](O[C@]3(C(=O)O)C[C@@H](O[C@@H]4OC(CO)[C@H](O)C(O[C@@H]5OC(CO)[C@H](O)C(O[C@@H]6O[C@@H](C(O)CO)C(O)C6O)C5O)C4O)[C@@H](NC(C)=O)C(C(O)C(O)CO)O3)C(O)C2O)C(O)C1O)[C@H](O)[C@H](O)CCCCCCCCCCCC. The molecular formula is C79H144N2O38. The quantitative estimate of drug-likeness (QED) is 0.0256. The molecule has 0 aliphatic carbocycles. The van der Waals surface area contributed by atoms with Gasteiger partial charge in [-0.25, -0.2) is 4.79 Å². The van der Waals surface area contributed by atoms with Gasteiger partial charge in [0.15, 0.2) is 31.5 Å². The van der Waals surface area contributed by atoms with Crippen molar-refractivity contribution in [3.63, 3.8) is 0 Å². The van der Waals surface area contributed by atoms with Gasteiger partial charge < -0.3 is 185 Å². The summed E-state index contributed by atoms with van der Waals surface area (Å²) in [5.74, 6) is -7.52. The topological polar surface area (TPSA) is 651 Å². The first kappa shape index (κ1) is 105. The number of aliphatic hydroxyl groups excluding tert-OH is 22. The van der Waals surface area contributed by atoms with E-state index in [2.05, 4.69) is 24.5 Å². The lowest BCUT2D eigenvalue weighted by Gasteiger charge is -2.52. The minimum absolute atomic E-state index is 0.0821. The molecule has 6 aliphatic heterocycles. The van der Waals surface area contributed by atoms with Crippen molar-refractivity contribution in [2.75, 3.05) is 46.2 Å². The third-order valence-electron chi connectivity index (χ3n) is 23.3. The molecule has 0 aromatic heterocycles. The molecule has 6 rings (SSSR count). The predicted octanol–water partition coefficient (Wildman–Crippen LogP) is -4.42. The summed E-state index contributed by atoms with van der Waals surface area (Å²) in [6, 6.07) is -3.43. The Bertz CT molecular complexity index is 2770. The number of carboxylic acid groups (broad SMARTS) is 1. The van der Waals surface area contributed by atoms with Crippen LogP contribution in [-0.2, 0) is 71.2 Å². The Morgan fingerprint density at radius 3 is 1.27 bits per heavy atom. The number of ether oxygens (including phenoxy) is 12. The van der Waals surface area contributed by atoms with Crippen LogP contribution in [0.25, 0.3) is 0 Å². The van der Waals surface area contributed by atoms with E-state index >= 15 is 0 Å². The Hall–Kier alpha value is -2.95. The molecular weight excluding hydrogens is 1580 g/mol. The molecule has 2 amide bonds. The summed E-state index contributed by atoms with van der Waals surface area (Å²) in [6.07, 6.45) is -36.5. The fourth-order valence-electron chi connectivity index (χ4n) is 16.1. The average molecular weight is 1730 g/mol. The first-order valence-electron chi connectivity index (χ1n) is 43.1. The molecule has 0 radical (unpaired) electrons. The van der Waals surface area contributed by atoms with Crippen molar-refractivity contribution in [2.24, 2.45) is 0 Å². The summed E-state index contributed by atoms with van der Waals surface area (Å²) in [6.45, 7) is -2.23. The second-order valence-corrected chi connectivity index (χ2v) is 32.7. The van der Waals surface area contributed by atoms with E-state index in [4.69, 9.17) is 56.8 Å². The van der Waals surface area contributed by atoms with Crippen LogP contribution in [0.3, 0.4) is 0 Å². The van der Waals surface area contributed by atoms with Crippen LogP contribution >= 0.6 is 0 Å². The van der Waals surface area contributed by atoms with Gasteiger partial charge in [-0.2, -0.15) is 0 Å². The minimum atomic E-state index is -3.44. The smallest absolute Gasteiger partial charge is 0.364 e. The number of carbonyl (C=O) groups is 3. The molecule has 0 spiro atoms. The standard InChI is InChI=1S/C79H144N2O38/c1-4-6-8-10-12-14-16-17-18-19-20-21-22-23-25-27-29-31-33-45(90)72(105)81-43(54(93)44(89)32-30-28-26-24-15-13-11-9-7-5-2)41-108-73-61(100)59(98)67(51(39-86)112-73)115-74-63(102)60(99)68(52(40-87)113-74)118-79(78(106)107)34-48(53(80-42(3)88)69(119-79)55(94)46(91)35-82)109-76-64(103)70(56(95)49(37-84)110-76)117-77-65(104)71(57(96)50(38-85)111-77)116-75-62(101)58(97)66(114-75)47(92)36-83/h43-71,73-77,82-87,89-104H,4-41H2,1-3H3,(H,80,88)(H,81,105)(H,106,107)/t43-,44+,45+,46?,47?,48+,49?,50?,51?,52?,53+,54-,55?,56-,57-,58?,59?,60?,61?,62?,63?,64?,65?,66-,67+,68-,69?,70?,71?,73+,74-,75-,76+,77-,79+/m0/s1. The number of hydrogen-bond acceptors (Lipinski definition) is 37. The van der Waals surface area contributed by atoms with Crippen LogP contribution < -0.4 is 10.6 Å². The van der Waals surface area contributed by atoms with Gasteiger partial charge in [-0.1, -0.05) is 194 Å². The van der Waals surface area contributed by atoms with Crippen molar-refractivity contribution in [1.82, 2.24) is 10.6 Å². The van der Waals surface area contributed by atoms with Crippen molar-refractivity contribution in [2.45, 2.75) is 434 Å². The first-order chi connectivity index (χ1) is 56.9. The molecule has 6 saturated heterocycles. The molecule has 0 bridgehead atoms. The highest BCUT2D eigenvalue weighted by atomic mass is 16.8. The Morgan fingerprint density at radius 1 is 0.420 bits per heavy atom. The molecule has 25 N–H and O–H groups in total. The van der Waals surface area contributed by atoms with Crippen molar-refractivity contribution < 1.29 is 189 Å². The molecule has 0 aromatic rings. The van der Waals surface area contributed by atoms with E-state index < -0.39 is 285 Å². The van der Waals surface area contributed by atoms with Gasteiger partial charge in [0.05, 0.1) is 70.5 Å². The maximum Gasteiger partial charge on any atom is 0.364 e. The van der Waals surface area contributed by atoms with Crippen molar-refractivity contribution in [1.29, 1.82) is 0 Å². The predicted molar refractivity (Wildman–Crippen MR) is 411 cm³/mol. The first-order valence-corrected chi connectivity index (χ1v) is 43.1.